The minimum absolute atomic E-state index is 0.234. The Balaban J connectivity index is 2.75. The summed E-state index contributed by atoms with van der Waals surface area (Å²) in [7, 11) is 0. The highest BCUT2D eigenvalue weighted by Crippen LogP contribution is 2.36. The van der Waals surface area contributed by atoms with Crippen LogP contribution in [-0.4, -0.2) is 30.3 Å². The third-order valence-electron chi connectivity index (χ3n) is 3.62. The first-order valence-corrected chi connectivity index (χ1v) is 6.79. The molecule has 0 saturated heterocycles. The molecule has 1 rings (SSSR count). The Morgan fingerprint density at radius 2 is 1.63 bits per heavy atom. The lowest BCUT2D eigenvalue weighted by Gasteiger charge is -2.31. The van der Waals surface area contributed by atoms with Crippen LogP contribution in [0.3, 0.4) is 0 Å². The molecule has 1 fully saturated rings. The van der Waals surface area contributed by atoms with Gasteiger partial charge in [-0.05, 0) is 12.8 Å². The summed E-state index contributed by atoms with van der Waals surface area (Å²) >= 11 is 5.55. The Morgan fingerprint density at radius 1 is 1.11 bits per heavy atom. The highest BCUT2D eigenvalue weighted by Gasteiger charge is 2.42. The van der Waals surface area contributed by atoms with Crippen molar-refractivity contribution < 1.29 is 22.8 Å². The van der Waals surface area contributed by atoms with Crippen molar-refractivity contribution in [2.75, 3.05) is 12.4 Å². The predicted octanol–water partition coefficient (Wildman–Crippen LogP) is 2.81. The van der Waals surface area contributed by atoms with E-state index >= 15 is 0 Å². The Morgan fingerprint density at radius 3 is 2.05 bits per heavy atom. The molecule has 0 aliphatic heterocycles. The molecule has 1 aliphatic carbocycles. The zero-order valence-electron chi connectivity index (χ0n) is 10.5. The quantitative estimate of drug-likeness (QED) is 0.641. The first-order chi connectivity index (χ1) is 8.82. The fourth-order valence-electron chi connectivity index (χ4n) is 2.45. The van der Waals surface area contributed by atoms with E-state index in [0.29, 0.717) is 12.8 Å². The lowest BCUT2D eigenvalue weighted by Crippen LogP contribution is -2.47. The first kappa shape index (κ1) is 16.3. The van der Waals surface area contributed by atoms with Gasteiger partial charge in [0.15, 0.2) is 5.78 Å². The summed E-state index contributed by atoms with van der Waals surface area (Å²) in [5.74, 6) is -2.51. The molecule has 0 bridgehead atoms. The molecule has 0 atom stereocenters. The molecule has 7 heteroatoms. The minimum Gasteiger partial charge on any atom is -0.347 e. The third-order valence-corrected chi connectivity index (χ3v) is 3.86. The average molecular weight is 300 g/mol. The maximum absolute atomic E-state index is 12.2. The van der Waals surface area contributed by atoms with Crippen LogP contribution in [0.2, 0.25) is 0 Å². The summed E-state index contributed by atoms with van der Waals surface area (Å²) in [6.45, 7) is -0.281. The standard InChI is InChI=1S/C12H17ClF3NO2/c13-7-9(18)11(5-3-1-2-4-6-11)8-17-10(19)12(14,15)16/h1-8H2,(H,17,19). The lowest BCUT2D eigenvalue weighted by atomic mass is 9.77. The van der Waals surface area contributed by atoms with E-state index in [1.54, 1.807) is 0 Å². The zero-order chi connectivity index (χ0) is 14.5. The van der Waals surface area contributed by atoms with Crippen molar-refractivity contribution in [3.63, 3.8) is 0 Å². The molecule has 0 aromatic rings. The summed E-state index contributed by atoms with van der Waals surface area (Å²) in [5, 5.41) is 1.83. The first-order valence-electron chi connectivity index (χ1n) is 6.26. The number of hydrogen-bond donors (Lipinski definition) is 1. The maximum Gasteiger partial charge on any atom is 0.471 e. The van der Waals surface area contributed by atoms with Crippen LogP contribution in [0, 0.1) is 5.41 Å². The molecular weight excluding hydrogens is 283 g/mol. The molecule has 0 spiro atoms. The third kappa shape index (κ3) is 4.37. The highest BCUT2D eigenvalue weighted by atomic mass is 35.5. The van der Waals surface area contributed by atoms with Crippen molar-refractivity contribution in [2.45, 2.75) is 44.7 Å². The molecule has 1 N–H and O–H groups in total. The van der Waals surface area contributed by atoms with Crippen LogP contribution < -0.4 is 5.32 Å². The number of nitrogens with one attached hydrogen (secondary N) is 1. The van der Waals surface area contributed by atoms with Gasteiger partial charge in [-0.2, -0.15) is 13.2 Å². The molecule has 0 aromatic carbocycles. The lowest BCUT2D eigenvalue weighted by molar-refractivity contribution is -0.174. The molecule has 110 valence electrons. The van der Waals surface area contributed by atoms with Crippen LogP contribution in [0.5, 0.6) is 0 Å². The van der Waals surface area contributed by atoms with E-state index in [1.807, 2.05) is 5.32 Å². The van der Waals surface area contributed by atoms with E-state index in [4.69, 9.17) is 11.6 Å². The van der Waals surface area contributed by atoms with Gasteiger partial charge in [-0.1, -0.05) is 25.7 Å². The average Bonchev–Trinajstić information content (AvgIpc) is 2.60. The number of halogens is 4. The molecule has 0 aromatic heterocycles. The maximum atomic E-state index is 12.2. The normalized spacial score (nSPS) is 19.6. The predicted molar refractivity (Wildman–Crippen MR) is 64.9 cm³/mol. The molecule has 19 heavy (non-hydrogen) atoms. The van der Waals surface area contributed by atoms with Crippen molar-refractivity contribution in [1.82, 2.24) is 5.32 Å². The van der Waals surface area contributed by atoms with Crippen molar-refractivity contribution in [3.8, 4) is 0 Å². The van der Waals surface area contributed by atoms with E-state index in [-0.39, 0.29) is 18.2 Å². The van der Waals surface area contributed by atoms with Crippen LogP contribution >= 0.6 is 11.6 Å². The molecule has 1 amide bonds. The smallest absolute Gasteiger partial charge is 0.347 e. The molecule has 1 saturated carbocycles. The van der Waals surface area contributed by atoms with Gasteiger partial charge in [-0.25, -0.2) is 0 Å². The van der Waals surface area contributed by atoms with Gasteiger partial charge in [-0.15, -0.1) is 11.6 Å². The topological polar surface area (TPSA) is 46.2 Å². The van der Waals surface area contributed by atoms with Gasteiger partial charge in [-0.3, -0.25) is 9.59 Å². The van der Waals surface area contributed by atoms with Crippen molar-refractivity contribution in [1.29, 1.82) is 0 Å². The monoisotopic (exact) mass is 299 g/mol. The second-order valence-electron chi connectivity index (χ2n) is 4.93. The van der Waals surface area contributed by atoms with Gasteiger partial charge in [0.25, 0.3) is 0 Å². The fraction of sp³-hybridized carbons (Fsp3) is 0.833. The molecule has 0 unspecified atom stereocenters. The summed E-state index contributed by atoms with van der Waals surface area (Å²) in [6, 6.07) is 0. The zero-order valence-corrected chi connectivity index (χ0v) is 11.2. The number of carbonyl (C=O) groups excluding carboxylic acids is 2. The number of carbonyl (C=O) groups is 2. The Kier molecular flexibility index (Phi) is 5.64. The van der Waals surface area contributed by atoms with Gasteiger partial charge in [0, 0.05) is 12.0 Å². The summed E-state index contributed by atoms with van der Waals surface area (Å²) < 4.78 is 36.5. The van der Waals surface area contributed by atoms with Gasteiger partial charge in [0.05, 0.1) is 5.88 Å². The SMILES string of the molecule is O=C(NCC1(C(=O)CCl)CCCCCC1)C(F)(F)F. The molecule has 0 heterocycles. The van der Waals surface area contributed by atoms with Crippen LogP contribution in [-0.2, 0) is 9.59 Å². The minimum atomic E-state index is -4.92. The largest absolute Gasteiger partial charge is 0.471 e. The van der Waals surface area contributed by atoms with Crippen molar-refractivity contribution in [2.24, 2.45) is 5.41 Å². The van der Waals surface area contributed by atoms with Gasteiger partial charge >= 0.3 is 12.1 Å². The Bertz CT molecular complexity index is 336. The van der Waals surface area contributed by atoms with Gasteiger partial charge in [0.1, 0.15) is 0 Å². The number of Topliss-reactive ketones (excluding diaryl/α,β-unsaturated/α-hetero) is 1. The number of ketones is 1. The molecule has 1 aliphatic rings. The van der Waals surface area contributed by atoms with Crippen molar-refractivity contribution >= 4 is 23.3 Å². The van der Waals surface area contributed by atoms with Gasteiger partial charge < -0.3 is 5.32 Å². The van der Waals surface area contributed by atoms with E-state index < -0.39 is 17.5 Å². The van der Waals surface area contributed by atoms with Crippen molar-refractivity contribution in [3.05, 3.63) is 0 Å². The highest BCUT2D eigenvalue weighted by molar-refractivity contribution is 6.28. The number of alkyl halides is 4. The second kappa shape index (κ2) is 6.59. The van der Waals surface area contributed by atoms with Crippen LogP contribution in [0.1, 0.15) is 38.5 Å². The van der Waals surface area contributed by atoms with E-state index in [0.717, 1.165) is 25.7 Å². The summed E-state index contributed by atoms with van der Waals surface area (Å²) in [6.07, 6.45) is -0.520. The number of rotatable bonds is 4. The van der Waals surface area contributed by atoms with E-state index in [2.05, 4.69) is 0 Å². The van der Waals surface area contributed by atoms with Gasteiger partial charge in [0.2, 0.25) is 0 Å². The molecule has 3 nitrogen and oxygen atoms in total. The summed E-state index contributed by atoms with van der Waals surface area (Å²) in [5.41, 5.74) is -0.931. The Hall–Kier alpha value is -0.780. The number of amides is 1. The van der Waals surface area contributed by atoms with Crippen LogP contribution in [0.4, 0.5) is 13.2 Å². The van der Waals surface area contributed by atoms with E-state index in [1.165, 1.54) is 0 Å². The number of hydrogen-bond acceptors (Lipinski definition) is 2. The fourth-order valence-corrected chi connectivity index (χ4v) is 2.73. The van der Waals surface area contributed by atoms with E-state index in [9.17, 15) is 22.8 Å². The van der Waals surface area contributed by atoms with Crippen LogP contribution in [0.25, 0.3) is 0 Å². The molecular formula is C12H17ClF3NO2. The second-order valence-corrected chi connectivity index (χ2v) is 5.20. The molecule has 0 radical (unpaired) electrons. The van der Waals surface area contributed by atoms with Crippen LogP contribution in [0.15, 0.2) is 0 Å². The summed E-state index contributed by atoms with van der Waals surface area (Å²) in [4.78, 5) is 22.8. The Labute approximate surface area is 114 Å².